The van der Waals surface area contributed by atoms with Gasteiger partial charge in [-0.05, 0) is 25.5 Å². The summed E-state index contributed by atoms with van der Waals surface area (Å²) < 4.78 is 0. The molecule has 0 amide bonds. The van der Waals surface area contributed by atoms with E-state index in [9.17, 15) is 10.1 Å². The second-order valence-electron chi connectivity index (χ2n) is 5.29. The van der Waals surface area contributed by atoms with Gasteiger partial charge in [0.2, 0.25) is 0 Å². The Hall–Kier alpha value is -2.09. The van der Waals surface area contributed by atoms with Gasteiger partial charge in [0.05, 0.1) is 23.7 Å². The number of fused-ring (bicyclic) bond motifs is 1. The summed E-state index contributed by atoms with van der Waals surface area (Å²) >= 11 is 0. The molecular formula is C16H21N3O4. The van der Waals surface area contributed by atoms with Crippen molar-refractivity contribution in [2.24, 2.45) is 0 Å². The quantitative estimate of drug-likeness (QED) is 0.535. The Balaban J connectivity index is 2.17. The van der Waals surface area contributed by atoms with E-state index in [0.29, 0.717) is 38.0 Å². The van der Waals surface area contributed by atoms with Gasteiger partial charge >= 0.3 is 0 Å². The van der Waals surface area contributed by atoms with Crippen LogP contribution in [0.15, 0.2) is 30.5 Å². The molecule has 1 aromatic carbocycles. The summed E-state index contributed by atoms with van der Waals surface area (Å²) in [6.45, 7) is 1.69. The van der Waals surface area contributed by atoms with Crippen LogP contribution >= 0.6 is 0 Å². The summed E-state index contributed by atoms with van der Waals surface area (Å²) in [5, 5.41) is 30.1. The number of hydrogen-bond donors (Lipinski definition) is 2. The second kappa shape index (κ2) is 8.52. The zero-order valence-electron chi connectivity index (χ0n) is 12.9. The highest BCUT2D eigenvalue weighted by molar-refractivity contribution is 5.84. The van der Waals surface area contributed by atoms with E-state index in [0.717, 1.165) is 10.9 Å². The Morgan fingerprint density at radius 3 is 2.48 bits per heavy atom. The number of nitrogens with zero attached hydrogens (tertiary/aromatic N) is 3. The number of rotatable bonds is 9. The van der Waals surface area contributed by atoms with E-state index in [1.54, 1.807) is 0 Å². The fourth-order valence-corrected chi connectivity index (χ4v) is 2.71. The van der Waals surface area contributed by atoms with E-state index in [4.69, 9.17) is 10.2 Å². The first-order valence-electron chi connectivity index (χ1n) is 7.62. The number of aromatic nitrogens is 1. The number of hydrogen-bond acceptors (Lipinski definition) is 6. The summed E-state index contributed by atoms with van der Waals surface area (Å²) in [5.74, 6) is 0. The van der Waals surface area contributed by atoms with E-state index in [-0.39, 0.29) is 18.9 Å². The normalized spacial score (nSPS) is 11.3. The van der Waals surface area contributed by atoms with E-state index in [2.05, 4.69) is 4.98 Å². The maximum Gasteiger partial charge on any atom is 0.291 e. The van der Waals surface area contributed by atoms with Gasteiger partial charge in [-0.1, -0.05) is 18.2 Å². The molecule has 0 atom stereocenters. The third kappa shape index (κ3) is 4.44. The lowest BCUT2D eigenvalue weighted by molar-refractivity contribution is -0.385. The molecule has 1 heterocycles. The Morgan fingerprint density at radius 2 is 1.83 bits per heavy atom. The molecule has 0 bridgehead atoms. The first kappa shape index (κ1) is 17.3. The molecule has 0 aliphatic heterocycles. The van der Waals surface area contributed by atoms with Crippen LogP contribution in [0.4, 0.5) is 5.69 Å². The summed E-state index contributed by atoms with van der Waals surface area (Å²) in [6, 6.07) is 7.40. The summed E-state index contributed by atoms with van der Waals surface area (Å²) in [4.78, 5) is 16.9. The van der Waals surface area contributed by atoms with Crippen LogP contribution in [0.2, 0.25) is 0 Å². The number of aryl methyl sites for hydroxylation is 1. The molecule has 124 valence electrons. The molecule has 23 heavy (non-hydrogen) atoms. The van der Waals surface area contributed by atoms with Crippen molar-refractivity contribution in [1.82, 2.24) is 9.88 Å². The van der Waals surface area contributed by atoms with Crippen molar-refractivity contribution in [3.63, 3.8) is 0 Å². The largest absolute Gasteiger partial charge is 0.395 e. The lowest BCUT2D eigenvalue weighted by Crippen LogP contribution is -2.31. The van der Waals surface area contributed by atoms with Crippen molar-refractivity contribution in [2.75, 3.05) is 32.8 Å². The van der Waals surface area contributed by atoms with Crippen LogP contribution in [0, 0.1) is 10.1 Å². The molecule has 2 aromatic rings. The minimum absolute atomic E-state index is 0.0261. The second-order valence-corrected chi connectivity index (χ2v) is 5.29. The van der Waals surface area contributed by atoms with Crippen molar-refractivity contribution in [1.29, 1.82) is 0 Å². The van der Waals surface area contributed by atoms with Crippen LogP contribution in [0.3, 0.4) is 0 Å². The minimum Gasteiger partial charge on any atom is -0.395 e. The fourth-order valence-electron chi connectivity index (χ4n) is 2.71. The van der Waals surface area contributed by atoms with Gasteiger partial charge in [0.25, 0.3) is 5.69 Å². The zero-order valence-corrected chi connectivity index (χ0v) is 12.9. The highest BCUT2D eigenvalue weighted by Crippen LogP contribution is 2.27. The van der Waals surface area contributed by atoms with Crippen molar-refractivity contribution < 1.29 is 15.1 Å². The lowest BCUT2D eigenvalue weighted by Gasteiger charge is -2.20. The number of para-hydroxylation sites is 1. The lowest BCUT2D eigenvalue weighted by atomic mass is 10.0. The Labute approximate surface area is 134 Å². The molecule has 0 saturated heterocycles. The summed E-state index contributed by atoms with van der Waals surface area (Å²) in [6.07, 6.45) is 2.57. The van der Waals surface area contributed by atoms with E-state index >= 15 is 0 Å². The third-order valence-corrected chi connectivity index (χ3v) is 3.79. The standard InChI is InChI=1S/C16H21N3O4/c20-10-8-18(9-11-21)7-3-5-14-13-4-1-2-6-15(13)17-12-16(14)19(22)23/h1-2,4,6,12,20-21H,3,5,7-11H2. The van der Waals surface area contributed by atoms with Gasteiger partial charge in [-0.2, -0.15) is 0 Å². The van der Waals surface area contributed by atoms with Gasteiger partial charge in [-0.15, -0.1) is 0 Å². The zero-order chi connectivity index (χ0) is 16.7. The summed E-state index contributed by atoms with van der Waals surface area (Å²) in [5.41, 5.74) is 1.48. The maximum atomic E-state index is 11.3. The molecule has 1 aromatic heterocycles. The fraction of sp³-hybridized carbons (Fsp3) is 0.438. The number of pyridine rings is 1. The van der Waals surface area contributed by atoms with Crippen molar-refractivity contribution in [3.8, 4) is 0 Å². The van der Waals surface area contributed by atoms with Crippen LogP contribution in [0.25, 0.3) is 10.9 Å². The van der Waals surface area contributed by atoms with Gasteiger partial charge in [-0.25, -0.2) is 4.98 Å². The predicted molar refractivity (Wildman–Crippen MR) is 87.3 cm³/mol. The first-order chi connectivity index (χ1) is 11.2. The third-order valence-electron chi connectivity index (χ3n) is 3.79. The number of aliphatic hydroxyl groups excluding tert-OH is 2. The molecular weight excluding hydrogens is 298 g/mol. The average Bonchev–Trinajstić information content (AvgIpc) is 2.55. The number of benzene rings is 1. The highest BCUT2D eigenvalue weighted by atomic mass is 16.6. The number of nitro groups is 1. The molecule has 0 aliphatic carbocycles. The molecule has 2 N–H and O–H groups in total. The Kier molecular flexibility index (Phi) is 6.40. The van der Waals surface area contributed by atoms with Crippen LogP contribution in [0.1, 0.15) is 12.0 Å². The molecule has 2 rings (SSSR count). The average molecular weight is 319 g/mol. The molecule has 0 spiro atoms. The molecule has 0 saturated carbocycles. The van der Waals surface area contributed by atoms with Crippen LogP contribution in [-0.4, -0.2) is 57.9 Å². The molecule has 0 aliphatic rings. The van der Waals surface area contributed by atoms with Gasteiger partial charge < -0.3 is 10.2 Å². The van der Waals surface area contributed by atoms with Crippen LogP contribution < -0.4 is 0 Å². The van der Waals surface area contributed by atoms with Crippen molar-refractivity contribution in [3.05, 3.63) is 46.1 Å². The van der Waals surface area contributed by atoms with Gasteiger partial charge in [0.15, 0.2) is 0 Å². The predicted octanol–water partition coefficient (Wildman–Crippen LogP) is 1.36. The Morgan fingerprint density at radius 1 is 1.13 bits per heavy atom. The van der Waals surface area contributed by atoms with Crippen molar-refractivity contribution >= 4 is 16.6 Å². The summed E-state index contributed by atoms with van der Waals surface area (Å²) in [7, 11) is 0. The van der Waals surface area contributed by atoms with Gasteiger partial charge in [0.1, 0.15) is 6.20 Å². The highest BCUT2D eigenvalue weighted by Gasteiger charge is 2.17. The molecule has 7 heteroatoms. The van der Waals surface area contributed by atoms with E-state index in [1.165, 1.54) is 6.20 Å². The van der Waals surface area contributed by atoms with Crippen LogP contribution in [-0.2, 0) is 6.42 Å². The Bertz CT molecular complexity index is 657. The number of aliphatic hydroxyl groups is 2. The molecule has 0 unspecified atom stereocenters. The minimum atomic E-state index is -0.395. The van der Waals surface area contributed by atoms with Crippen molar-refractivity contribution in [2.45, 2.75) is 12.8 Å². The maximum absolute atomic E-state index is 11.3. The van der Waals surface area contributed by atoms with E-state index in [1.807, 2.05) is 29.2 Å². The van der Waals surface area contributed by atoms with E-state index < -0.39 is 4.92 Å². The molecule has 7 nitrogen and oxygen atoms in total. The first-order valence-corrected chi connectivity index (χ1v) is 7.62. The topological polar surface area (TPSA) is 99.7 Å². The van der Waals surface area contributed by atoms with Gasteiger partial charge in [0, 0.05) is 24.0 Å². The molecule has 0 radical (unpaired) electrons. The van der Waals surface area contributed by atoms with Crippen LogP contribution in [0.5, 0.6) is 0 Å². The monoisotopic (exact) mass is 319 g/mol. The molecule has 0 fully saturated rings. The van der Waals surface area contributed by atoms with Gasteiger partial charge in [-0.3, -0.25) is 15.0 Å². The smallest absolute Gasteiger partial charge is 0.291 e. The SMILES string of the molecule is O=[N+]([O-])c1cnc2ccccc2c1CCCN(CCO)CCO.